The number of hydrogen-bond acceptors (Lipinski definition) is 4. The summed E-state index contributed by atoms with van der Waals surface area (Å²) in [5.74, 6) is -0.490. The summed E-state index contributed by atoms with van der Waals surface area (Å²) in [6.45, 7) is 0. The fraction of sp³-hybridized carbons (Fsp3) is 0.238. The number of amides is 1. The van der Waals surface area contributed by atoms with E-state index in [4.69, 9.17) is 11.6 Å². The highest BCUT2D eigenvalue weighted by Crippen LogP contribution is 2.42. The van der Waals surface area contributed by atoms with Gasteiger partial charge < -0.3 is 5.32 Å². The van der Waals surface area contributed by atoms with Crippen molar-refractivity contribution in [3.05, 3.63) is 65.8 Å². The highest BCUT2D eigenvalue weighted by Gasteiger charge is 2.53. The molecule has 1 aliphatic rings. The Bertz CT molecular complexity index is 1130. The van der Waals surface area contributed by atoms with Gasteiger partial charge in [0.15, 0.2) is 14.6 Å². The van der Waals surface area contributed by atoms with E-state index < -0.39 is 20.5 Å². The van der Waals surface area contributed by atoms with Gasteiger partial charge in [0, 0.05) is 16.6 Å². The van der Waals surface area contributed by atoms with Gasteiger partial charge in [-0.2, -0.15) is 0 Å². The Morgan fingerprint density at radius 3 is 2.43 bits per heavy atom. The third kappa shape index (κ3) is 3.06. The molecule has 1 amide bonds. The Kier molecular flexibility index (Phi) is 4.85. The number of nitrogens with one attached hydrogen (secondary N) is 1. The van der Waals surface area contributed by atoms with E-state index >= 15 is 0 Å². The minimum Gasteiger partial charge on any atom is -0.324 e. The minimum atomic E-state index is -3.88. The normalized spacial score (nSPS) is 16.2. The molecule has 0 bridgehead atoms. The summed E-state index contributed by atoms with van der Waals surface area (Å²) in [4.78, 5) is 17.7. The summed E-state index contributed by atoms with van der Waals surface area (Å²) >= 11 is 5.90. The standard InChI is InChI=1S/C21H19ClN2O3S/c22-15-8-10-16(11-9-15)28(26,27)21(12-1-2-13-21)20(25)24-19-7-3-6-18-17(19)5-4-14-23-18/h3-11,14H,1-2,12-13H2,(H,24,25). The predicted molar refractivity (Wildman–Crippen MR) is 110 cm³/mol. The van der Waals surface area contributed by atoms with E-state index in [1.54, 1.807) is 24.4 Å². The first kappa shape index (κ1) is 18.9. The van der Waals surface area contributed by atoms with Crippen molar-refractivity contribution in [2.75, 3.05) is 5.32 Å². The molecule has 7 heteroatoms. The van der Waals surface area contributed by atoms with Gasteiger partial charge >= 0.3 is 0 Å². The zero-order valence-corrected chi connectivity index (χ0v) is 16.6. The molecule has 4 rings (SSSR count). The van der Waals surface area contributed by atoms with Gasteiger partial charge in [-0.15, -0.1) is 0 Å². The molecule has 0 saturated heterocycles. The molecule has 5 nitrogen and oxygen atoms in total. The highest BCUT2D eigenvalue weighted by atomic mass is 35.5. The Balaban J connectivity index is 1.75. The molecule has 1 heterocycles. The van der Waals surface area contributed by atoms with E-state index in [0.29, 0.717) is 36.4 Å². The van der Waals surface area contributed by atoms with Crippen molar-refractivity contribution in [3.63, 3.8) is 0 Å². The van der Waals surface area contributed by atoms with Crippen LogP contribution in [0.15, 0.2) is 65.7 Å². The van der Waals surface area contributed by atoms with Crippen LogP contribution in [0.5, 0.6) is 0 Å². The van der Waals surface area contributed by atoms with Gasteiger partial charge in [0.05, 0.1) is 16.1 Å². The van der Waals surface area contributed by atoms with E-state index in [0.717, 1.165) is 10.9 Å². The summed E-state index contributed by atoms with van der Waals surface area (Å²) in [5, 5.41) is 4.10. The van der Waals surface area contributed by atoms with Gasteiger partial charge in [-0.1, -0.05) is 30.5 Å². The first-order chi connectivity index (χ1) is 13.4. The number of benzene rings is 2. The average molecular weight is 415 g/mol. The largest absolute Gasteiger partial charge is 0.324 e. The number of pyridine rings is 1. The Labute approximate surface area is 168 Å². The van der Waals surface area contributed by atoms with Gasteiger partial charge in [-0.3, -0.25) is 9.78 Å². The summed E-state index contributed by atoms with van der Waals surface area (Å²) in [6, 6.07) is 15.0. The maximum atomic E-state index is 13.4. The van der Waals surface area contributed by atoms with Crippen LogP contribution in [0.2, 0.25) is 5.02 Å². The Morgan fingerprint density at radius 1 is 1.00 bits per heavy atom. The van der Waals surface area contributed by atoms with Crippen molar-refractivity contribution >= 4 is 43.9 Å². The summed E-state index contributed by atoms with van der Waals surface area (Å²) < 4.78 is 25.4. The van der Waals surface area contributed by atoms with Crippen molar-refractivity contribution in [2.24, 2.45) is 0 Å². The Hall–Kier alpha value is -2.44. The highest BCUT2D eigenvalue weighted by molar-refractivity contribution is 7.93. The number of rotatable bonds is 4. The van der Waals surface area contributed by atoms with Crippen molar-refractivity contribution < 1.29 is 13.2 Å². The molecule has 1 saturated carbocycles. The number of anilines is 1. The number of nitrogens with zero attached hydrogens (tertiary/aromatic N) is 1. The predicted octanol–water partition coefficient (Wildman–Crippen LogP) is 4.61. The van der Waals surface area contributed by atoms with E-state index in [2.05, 4.69) is 10.3 Å². The maximum absolute atomic E-state index is 13.4. The van der Waals surface area contributed by atoms with Crippen molar-refractivity contribution in [1.29, 1.82) is 0 Å². The minimum absolute atomic E-state index is 0.119. The Morgan fingerprint density at radius 2 is 1.71 bits per heavy atom. The number of carbonyl (C=O) groups is 1. The number of hydrogen-bond donors (Lipinski definition) is 1. The van der Waals surface area contributed by atoms with Crippen LogP contribution in [0.3, 0.4) is 0 Å². The number of halogens is 1. The van der Waals surface area contributed by atoms with E-state index in [9.17, 15) is 13.2 Å². The van der Waals surface area contributed by atoms with Crippen LogP contribution in [0.1, 0.15) is 25.7 Å². The average Bonchev–Trinajstić information content (AvgIpc) is 3.21. The van der Waals surface area contributed by atoms with Crippen LogP contribution in [-0.4, -0.2) is 24.1 Å². The van der Waals surface area contributed by atoms with Crippen LogP contribution in [0, 0.1) is 0 Å². The van der Waals surface area contributed by atoms with Crippen LogP contribution in [0.25, 0.3) is 10.9 Å². The molecule has 1 fully saturated rings. The first-order valence-electron chi connectivity index (χ1n) is 9.09. The molecule has 1 aromatic heterocycles. The van der Waals surface area contributed by atoms with Crippen LogP contribution in [0.4, 0.5) is 5.69 Å². The zero-order valence-electron chi connectivity index (χ0n) is 15.1. The van der Waals surface area contributed by atoms with E-state index in [-0.39, 0.29) is 4.90 Å². The molecule has 0 radical (unpaired) electrons. The second kappa shape index (κ2) is 7.18. The molecular formula is C21H19ClN2O3S. The lowest BCUT2D eigenvalue weighted by molar-refractivity contribution is -0.118. The molecule has 0 aliphatic heterocycles. The molecule has 0 spiro atoms. The fourth-order valence-electron chi connectivity index (χ4n) is 3.85. The molecule has 28 heavy (non-hydrogen) atoms. The van der Waals surface area contributed by atoms with Crippen molar-refractivity contribution in [1.82, 2.24) is 4.98 Å². The lowest BCUT2D eigenvalue weighted by Crippen LogP contribution is -2.47. The van der Waals surface area contributed by atoms with Gasteiger partial charge in [-0.05, 0) is 61.4 Å². The van der Waals surface area contributed by atoms with Crippen LogP contribution >= 0.6 is 11.6 Å². The van der Waals surface area contributed by atoms with Crippen LogP contribution < -0.4 is 5.32 Å². The number of carbonyl (C=O) groups excluding carboxylic acids is 1. The fourth-order valence-corrected chi connectivity index (χ4v) is 6.04. The molecule has 2 aromatic carbocycles. The van der Waals surface area contributed by atoms with Crippen LogP contribution in [-0.2, 0) is 14.6 Å². The summed E-state index contributed by atoms with van der Waals surface area (Å²) in [5.41, 5.74) is 1.30. The molecular weight excluding hydrogens is 396 g/mol. The zero-order chi connectivity index (χ0) is 19.8. The SMILES string of the molecule is O=C(Nc1cccc2ncccc12)C1(S(=O)(=O)c2ccc(Cl)cc2)CCCC1. The topological polar surface area (TPSA) is 76.1 Å². The second-order valence-corrected chi connectivity index (χ2v) is 9.68. The summed E-state index contributed by atoms with van der Waals surface area (Å²) in [6.07, 6.45) is 3.66. The number of sulfone groups is 1. The summed E-state index contributed by atoms with van der Waals surface area (Å²) in [7, 11) is -3.88. The molecule has 1 aliphatic carbocycles. The first-order valence-corrected chi connectivity index (χ1v) is 11.0. The van der Waals surface area contributed by atoms with Gasteiger partial charge in [0.2, 0.25) is 5.91 Å². The molecule has 0 atom stereocenters. The molecule has 0 unspecified atom stereocenters. The second-order valence-electron chi connectivity index (χ2n) is 6.99. The quantitative estimate of drug-likeness (QED) is 0.676. The smallest absolute Gasteiger partial charge is 0.246 e. The number of aromatic nitrogens is 1. The third-order valence-electron chi connectivity index (χ3n) is 5.36. The lowest BCUT2D eigenvalue weighted by Gasteiger charge is -2.28. The van der Waals surface area contributed by atoms with Gasteiger partial charge in [0.25, 0.3) is 0 Å². The maximum Gasteiger partial charge on any atom is 0.246 e. The lowest BCUT2D eigenvalue weighted by atomic mass is 10.1. The molecule has 1 N–H and O–H groups in total. The van der Waals surface area contributed by atoms with E-state index in [1.807, 2.05) is 12.1 Å². The molecule has 3 aromatic rings. The third-order valence-corrected chi connectivity index (χ3v) is 8.12. The van der Waals surface area contributed by atoms with Gasteiger partial charge in [-0.25, -0.2) is 8.42 Å². The monoisotopic (exact) mass is 414 g/mol. The van der Waals surface area contributed by atoms with E-state index in [1.165, 1.54) is 24.3 Å². The van der Waals surface area contributed by atoms with Crippen molar-refractivity contribution in [3.8, 4) is 0 Å². The molecule has 144 valence electrons. The van der Waals surface area contributed by atoms with Gasteiger partial charge in [0.1, 0.15) is 0 Å². The van der Waals surface area contributed by atoms with Crippen molar-refractivity contribution in [2.45, 2.75) is 35.3 Å². The number of fused-ring (bicyclic) bond motifs is 1.